The first-order chi connectivity index (χ1) is 6.58. The molecule has 0 fully saturated rings. The third-order valence-electron chi connectivity index (χ3n) is 1.77. The summed E-state index contributed by atoms with van der Waals surface area (Å²) in [7, 11) is 0. The van der Waals surface area contributed by atoms with E-state index in [2.05, 4.69) is 15.1 Å². The van der Waals surface area contributed by atoms with E-state index < -0.39 is 10.9 Å². The van der Waals surface area contributed by atoms with E-state index in [9.17, 15) is 10.1 Å². The number of nitrogens with zero attached hydrogens (tertiary/aromatic N) is 5. The zero-order valence-corrected chi connectivity index (χ0v) is 7.63. The Morgan fingerprint density at radius 2 is 2.14 bits per heavy atom. The van der Waals surface area contributed by atoms with Gasteiger partial charge in [-0.15, -0.1) is 4.52 Å². The Morgan fingerprint density at radius 1 is 1.43 bits per heavy atom. The highest BCUT2D eigenvalue weighted by Crippen LogP contribution is 2.08. The molecule has 0 bridgehead atoms. The lowest BCUT2D eigenvalue weighted by molar-refractivity contribution is -0.394. The van der Waals surface area contributed by atoms with Crippen LogP contribution in [-0.2, 0) is 0 Å². The Balaban J connectivity index is 2.76. The minimum Gasteiger partial charge on any atom is -0.390 e. The molecular weight excluding hydrogens is 186 g/mol. The lowest BCUT2D eigenvalue weighted by atomic mass is 10.4. The molecule has 0 aliphatic heterocycles. The molecule has 72 valence electrons. The molecule has 0 radical (unpaired) electrons. The Bertz CT molecular complexity index is 518. The van der Waals surface area contributed by atoms with Crippen LogP contribution >= 0.6 is 0 Å². The molecule has 0 aliphatic rings. The highest BCUT2D eigenvalue weighted by atomic mass is 16.6. The molecule has 2 rings (SSSR count). The predicted octanol–water partition coefficient (Wildman–Crippen LogP) is 0.649. The van der Waals surface area contributed by atoms with Crippen molar-refractivity contribution in [2.24, 2.45) is 0 Å². The van der Waals surface area contributed by atoms with Gasteiger partial charge in [0.05, 0.1) is 5.69 Å². The van der Waals surface area contributed by atoms with E-state index >= 15 is 0 Å². The van der Waals surface area contributed by atoms with Gasteiger partial charge in [0, 0.05) is 10.8 Å². The van der Waals surface area contributed by atoms with Crippen LogP contribution in [0.1, 0.15) is 11.4 Å². The number of hydrogen-bond donors (Lipinski definition) is 0. The van der Waals surface area contributed by atoms with Crippen molar-refractivity contribution in [3.8, 4) is 0 Å². The summed E-state index contributed by atoms with van der Waals surface area (Å²) in [6, 6.07) is 1.78. The van der Waals surface area contributed by atoms with Crippen LogP contribution in [0.4, 0.5) is 5.95 Å². The average molecular weight is 193 g/mol. The minimum absolute atomic E-state index is 0.259. The van der Waals surface area contributed by atoms with Crippen LogP contribution in [0, 0.1) is 24.0 Å². The second-order valence-electron chi connectivity index (χ2n) is 2.92. The largest absolute Gasteiger partial charge is 0.493 e. The van der Waals surface area contributed by atoms with Crippen LogP contribution in [0.2, 0.25) is 0 Å². The number of aryl methyl sites for hydroxylation is 2. The third kappa shape index (κ3) is 1.18. The highest BCUT2D eigenvalue weighted by Gasteiger charge is 2.18. The van der Waals surface area contributed by atoms with E-state index in [0.717, 1.165) is 11.4 Å². The first-order valence-corrected chi connectivity index (χ1v) is 3.93. The molecule has 0 spiro atoms. The van der Waals surface area contributed by atoms with Crippen molar-refractivity contribution in [3.63, 3.8) is 0 Å². The number of fused-ring (bicyclic) bond motifs is 1. The van der Waals surface area contributed by atoms with Gasteiger partial charge in [-0.2, -0.15) is 4.98 Å². The molecule has 0 N–H and O–H groups in total. The molecule has 0 amide bonds. The molecule has 2 aromatic heterocycles. The topological polar surface area (TPSA) is 86.2 Å². The summed E-state index contributed by atoms with van der Waals surface area (Å²) in [4.78, 5) is 17.5. The zero-order valence-electron chi connectivity index (χ0n) is 7.63. The Kier molecular flexibility index (Phi) is 1.66. The smallest absolute Gasteiger partial charge is 0.390 e. The molecule has 14 heavy (non-hydrogen) atoms. The quantitative estimate of drug-likeness (QED) is 0.490. The molecular formula is C7H7N5O2. The molecule has 2 aromatic rings. The van der Waals surface area contributed by atoms with Gasteiger partial charge >= 0.3 is 11.7 Å². The monoisotopic (exact) mass is 193 g/mol. The minimum atomic E-state index is -0.635. The fourth-order valence-electron chi connectivity index (χ4n) is 1.23. The van der Waals surface area contributed by atoms with Gasteiger partial charge in [0.25, 0.3) is 0 Å². The number of aromatic nitrogens is 4. The van der Waals surface area contributed by atoms with Crippen molar-refractivity contribution in [2.45, 2.75) is 13.8 Å². The maximum Gasteiger partial charge on any atom is 0.493 e. The van der Waals surface area contributed by atoms with Crippen molar-refractivity contribution >= 4 is 11.7 Å². The maximum atomic E-state index is 10.4. The van der Waals surface area contributed by atoms with E-state index in [0.29, 0.717) is 0 Å². The normalized spacial score (nSPS) is 10.7. The van der Waals surface area contributed by atoms with Crippen molar-refractivity contribution in [2.75, 3.05) is 0 Å². The van der Waals surface area contributed by atoms with Gasteiger partial charge in [0.15, 0.2) is 0 Å². The summed E-state index contributed by atoms with van der Waals surface area (Å²) >= 11 is 0. The van der Waals surface area contributed by atoms with E-state index in [1.165, 1.54) is 4.52 Å². The van der Waals surface area contributed by atoms with Crippen molar-refractivity contribution in [1.82, 2.24) is 19.6 Å². The van der Waals surface area contributed by atoms with Gasteiger partial charge in [-0.05, 0) is 29.8 Å². The van der Waals surface area contributed by atoms with E-state index in [4.69, 9.17) is 0 Å². The van der Waals surface area contributed by atoms with E-state index in [1.807, 2.05) is 0 Å². The van der Waals surface area contributed by atoms with E-state index in [-0.39, 0.29) is 5.78 Å². The van der Waals surface area contributed by atoms with Gasteiger partial charge < -0.3 is 10.1 Å². The summed E-state index contributed by atoms with van der Waals surface area (Å²) in [5, 5.41) is 14.1. The van der Waals surface area contributed by atoms with Crippen molar-refractivity contribution in [3.05, 3.63) is 27.6 Å². The highest BCUT2D eigenvalue weighted by molar-refractivity contribution is 5.33. The maximum absolute atomic E-state index is 10.4. The van der Waals surface area contributed by atoms with Crippen LogP contribution in [0.25, 0.3) is 5.78 Å². The van der Waals surface area contributed by atoms with Gasteiger partial charge in [-0.25, -0.2) is 0 Å². The molecule has 0 saturated carbocycles. The molecule has 0 saturated heterocycles. The Labute approximate surface area is 78.6 Å². The van der Waals surface area contributed by atoms with Gasteiger partial charge in [0.1, 0.15) is 0 Å². The number of hydrogen-bond acceptors (Lipinski definition) is 5. The molecule has 7 heteroatoms. The van der Waals surface area contributed by atoms with E-state index in [1.54, 1.807) is 19.9 Å². The molecule has 2 heterocycles. The lowest BCUT2D eigenvalue weighted by Gasteiger charge is -1.92. The first kappa shape index (κ1) is 8.54. The van der Waals surface area contributed by atoms with Gasteiger partial charge in [-0.1, -0.05) is 0 Å². The summed E-state index contributed by atoms with van der Waals surface area (Å²) in [6.45, 7) is 3.59. The number of rotatable bonds is 1. The molecule has 0 atom stereocenters. The fourth-order valence-corrected chi connectivity index (χ4v) is 1.23. The van der Waals surface area contributed by atoms with Crippen LogP contribution in [0.3, 0.4) is 0 Å². The second-order valence-corrected chi connectivity index (χ2v) is 2.92. The fraction of sp³-hybridized carbons (Fsp3) is 0.286. The molecule has 0 unspecified atom stereocenters. The zero-order chi connectivity index (χ0) is 10.3. The van der Waals surface area contributed by atoms with Crippen LogP contribution in [0.5, 0.6) is 0 Å². The second kappa shape index (κ2) is 2.72. The van der Waals surface area contributed by atoms with Crippen LogP contribution in [0.15, 0.2) is 6.07 Å². The third-order valence-corrected chi connectivity index (χ3v) is 1.77. The molecule has 7 nitrogen and oxygen atoms in total. The van der Waals surface area contributed by atoms with Gasteiger partial charge in [-0.3, -0.25) is 0 Å². The van der Waals surface area contributed by atoms with Crippen molar-refractivity contribution in [1.29, 1.82) is 0 Å². The molecule has 0 aliphatic carbocycles. The predicted molar refractivity (Wildman–Crippen MR) is 46.9 cm³/mol. The Hall–Kier alpha value is -2.05. The Morgan fingerprint density at radius 3 is 2.79 bits per heavy atom. The summed E-state index contributed by atoms with van der Waals surface area (Å²) in [5.74, 6) is -0.166. The lowest BCUT2D eigenvalue weighted by Crippen LogP contribution is -1.97. The standard InChI is InChI=1S/C7H7N5O2/c1-4-3-5(2)11-6(8-4)9-7(10-11)12(13)14/h3H,1-2H3. The van der Waals surface area contributed by atoms with Gasteiger partial charge in [0.2, 0.25) is 0 Å². The average Bonchev–Trinajstić information content (AvgIpc) is 2.47. The molecule has 0 aromatic carbocycles. The van der Waals surface area contributed by atoms with Crippen LogP contribution < -0.4 is 0 Å². The van der Waals surface area contributed by atoms with Crippen molar-refractivity contribution < 1.29 is 4.92 Å². The summed E-state index contributed by atoms with van der Waals surface area (Å²) in [5.41, 5.74) is 1.53. The summed E-state index contributed by atoms with van der Waals surface area (Å²) < 4.78 is 1.35. The van der Waals surface area contributed by atoms with Crippen LogP contribution in [-0.4, -0.2) is 24.5 Å². The SMILES string of the molecule is Cc1cc(C)n2nc([N+](=O)[O-])nc2n1. The number of nitro groups is 1. The first-order valence-electron chi connectivity index (χ1n) is 3.93. The summed E-state index contributed by atoms with van der Waals surface area (Å²) in [6.07, 6.45) is 0.